The second-order valence-electron chi connectivity index (χ2n) is 1.57. The predicted octanol–water partition coefficient (Wildman–Crippen LogP) is -0.235. The lowest BCUT2D eigenvalue weighted by molar-refractivity contribution is -0.137. The number of rotatable bonds is 2. The van der Waals surface area contributed by atoms with E-state index in [1.165, 1.54) is 11.8 Å². The van der Waals surface area contributed by atoms with Crippen molar-refractivity contribution in [1.29, 1.82) is 0 Å². The highest BCUT2D eigenvalue weighted by Gasteiger charge is 2.04. The van der Waals surface area contributed by atoms with Crippen molar-refractivity contribution in [1.82, 2.24) is 0 Å². The standard InChI is InChI=1S/C6H9NO2S/c1-10-4-2-3-5(7)6(8)9/h5H,4,7H2,1H3,(H,8,9)/t5-/m0/s1. The smallest absolute Gasteiger partial charge is 0.333 e. The van der Waals surface area contributed by atoms with E-state index in [1.807, 2.05) is 6.26 Å². The fourth-order valence-corrected chi connectivity index (χ4v) is 0.513. The molecule has 0 aliphatic carbocycles. The van der Waals surface area contributed by atoms with Gasteiger partial charge in [0, 0.05) is 0 Å². The van der Waals surface area contributed by atoms with Gasteiger partial charge in [-0.3, -0.25) is 0 Å². The summed E-state index contributed by atoms with van der Waals surface area (Å²) in [6.07, 6.45) is 1.89. The lowest BCUT2D eigenvalue weighted by Crippen LogP contribution is -2.28. The fraction of sp³-hybridized carbons (Fsp3) is 0.500. The predicted molar refractivity (Wildman–Crippen MR) is 41.8 cm³/mol. The zero-order valence-corrected chi connectivity index (χ0v) is 6.44. The summed E-state index contributed by atoms with van der Waals surface area (Å²) in [4.78, 5) is 10.1. The van der Waals surface area contributed by atoms with Gasteiger partial charge in [0.05, 0.1) is 5.75 Å². The van der Waals surface area contributed by atoms with Crippen LogP contribution in [0, 0.1) is 11.8 Å². The van der Waals surface area contributed by atoms with Crippen LogP contribution in [0.3, 0.4) is 0 Å². The number of carboxylic acids is 1. The molecule has 0 unspecified atom stereocenters. The number of nitrogens with two attached hydrogens (primary N) is 1. The first-order valence-corrected chi connectivity index (χ1v) is 4.03. The maximum absolute atomic E-state index is 10.1. The molecule has 1 atom stereocenters. The first-order valence-electron chi connectivity index (χ1n) is 2.64. The van der Waals surface area contributed by atoms with E-state index in [9.17, 15) is 4.79 Å². The summed E-state index contributed by atoms with van der Waals surface area (Å²) >= 11 is 1.53. The molecular weight excluding hydrogens is 150 g/mol. The van der Waals surface area contributed by atoms with Gasteiger partial charge >= 0.3 is 5.97 Å². The molecule has 4 heteroatoms. The van der Waals surface area contributed by atoms with Crippen LogP contribution in [0.4, 0.5) is 0 Å². The highest BCUT2D eigenvalue weighted by atomic mass is 32.2. The highest BCUT2D eigenvalue weighted by molar-refractivity contribution is 7.98. The minimum Gasteiger partial charge on any atom is -0.479 e. The molecule has 0 aromatic carbocycles. The number of carbonyl (C=O) groups is 1. The van der Waals surface area contributed by atoms with Gasteiger partial charge in [0.25, 0.3) is 0 Å². The van der Waals surface area contributed by atoms with Crippen LogP contribution in [0.15, 0.2) is 0 Å². The van der Waals surface area contributed by atoms with Crippen LogP contribution >= 0.6 is 11.8 Å². The van der Waals surface area contributed by atoms with Gasteiger partial charge in [0.15, 0.2) is 6.04 Å². The maximum atomic E-state index is 10.1. The molecular formula is C6H9NO2S. The largest absolute Gasteiger partial charge is 0.479 e. The Hall–Kier alpha value is -0.660. The van der Waals surface area contributed by atoms with E-state index in [1.54, 1.807) is 0 Å². The molecule has 3 N–H and O–H groups in total. The first-order chi connectivity index (χ1) is 4.68. The van der Waals surface area contributed by atoms with Crippen molar-refractivity contribution in [2.45, 2.75) is 6.04 Å². The number of hydrogen-bond acceptors (Lipinski definition) is 3. The summed E-state index contributed by atoms with van der Waals surface area (Å²) in [6, 6.07) is -1.04. The molecule has 0 aliphatic rings. The summed E-state index contributed by atoms with van der Waals surface area (Å²) in [6.45, 7) is 0. The number of thioether (sulfide) groups is 1. The van der Waals surface area contributed by atoms with E-state index in [0.717, 1.165) is 0 Å². The van der Waals surface area contributed by atoms with Gasteiger partial charge in [-0.1, -0.05) is 11.8 Å². The van der Waals surface area contributed by atoms with Gasteiger partial charge in [-0.2, -0.15) is 11.8 Å². The Bertz CT molecular complexity index is 170. The molecule has 3 nitrogen and oxygen atoms in total. The van der Waals surface area contributed by atoms with Crippen LogP contribution in [0.5, 0.6) is 0 Å². The third kappa shape index (κ3) is 4.24. The van der Waals surface area contributed by atoms with Gasteiger partial charge in [-0.25, -0.2) is 4.79 Å². The molecule has 10 heavy (non-hydrogen) atoms. The molecule has 0 bridgehead atoms. The number of hydrogen-bond donors (Lipinski definition) is 2. The van der Waals surface area contributed by atoms with Crippen LogP contribution in [0.2, 0.25) is 0 Å². The Morgan fingerprint density at radius 3 is 2.90 bits per heavy atom. The summed E-state index contributed by atoms with van der Waals surface area (Å²) < 4.78 is 0. The summed E-state index contributed by atoms with van der Waals surface area (Å²) in [7, 11) is 0. The van der Waals surface area contributed by atoms with Gasteiger partial charge in [-0.15, -0.1) is 0 Å². The molecule has 0 aliphatic heterocycles. The van der Waals surface area contributed by atoms with Crippen molar-refractivity contribution in [2.24, 2.45) is 5.73 Å². The molecule has 0 radical (unpaired) electrons. The van der Waals surface area contributed by atoms with Gasteiger partial charge < -0.3 is 10.8 Å². The molecule has 0 spiro atoms. The van der Waals surface area contributed by atoms with Crippen molar-refractivity contribution in [3.8, 4) is 11.8 Å². The van der Waals surface area contributed by atoms with Crippen LogP contribution in [0.1, 0.15) is 0 Å². The molecule has 0 amide bonds. The second kappa shape index (κ2) is 5.15. The molecule has 0 rings (SSSR count). The Morgan fingerprint density at radius 2 is 2.50 bits per heavy atom. The highest BCUT2D eigenvalue weighted by Crippen LogP contribution is 1.86. The molecule has 0 saturated carbocycles. The maximum Gasteiger partial charge on any atom is 0.333 e. The first kappa shape index (κ1) is 9.34. The molecule has 56 valence electrons. The van der Waals surface area contributed by atoms with Crippen molar-refractivity contribution in [2.75, 3.05) is 12.0 Å². The van der Waals surface area contributed by atoms with E-state index in [4.69, 9.17) is 10.8 Å². The van der Waals surface area contributed by atoms with E-state index < -0.39 is 12.0 Å². The minimum absolute atomic E-state index is 0.626. The van der Waals surface area contributed by atoms with Crippen molar-refractivity contribution in [3.05, 3.63) is 0 Å². The summed E-state index contributed by atoms with van der Waals surface area (Å²) in [5.41, 5.74) is 5.07. The van der Waals surface area contributed by atoms with E-state index >= 15 is 0 Å². The zero-order valence-electron chi connectivity index (χ0n) is 5.63. The third-order valence-electron chi connectivity index (χ3n) is 0.740. The Morgan fingerprint density at radius 1 is 1.90 bits per heavy atom. The minimum atomic E-state index is -1.08. The fourth-order valence-electron chi connectivity index (χ4n) is 0.286. The van der Waals surface area contributed by atoms with Gasteiger partial charge in [0.2, 0.25) is 0 Å². The summed E-state index contributed by atoms with van der Waals surface area (Å²) in [5.74, 6) is 4.56. The molecule has 0 aromatic rings. The Labute approximate surface area is 64.0 Å². The summed E-state index contributed by atoms with van der Waals surface area (Å²) in [5, 5.41) is 8.25. The monoisotopic (exact) mass is 159 g/mol. The average molecular weight is 159 g/mol. The number of carboxylic acid groups (broad SMARTS) is 1. The van der Waals surface area contributed by atoms with Crippen LogP contribution < -0.4 is 5.73 Å². The number of aliphatic carboxylic acids is 1. The SMILES string of the molecule is CSCC#C[C@H](N)C(=O)O. The van der Waals surface area contributed by atoms with E-state index in [0.29, 0.717) is 5.75 Å². The third-order valence-corrected chi connectivity index (χ3v) is 1.17. The molecule has 0 heterocycles. The second-order valence-corrected chi connectivity index (χ2v) is 2.44. The quantitative estimate of drug-likeness (QED) is 0.546. The van der Waals surface area contributed by atoms with E-state index in [2.05, 4.69) is 11.8 Å². The topological polar surface area (TPSA) is 63.3 Å². The van der Waals surface area contributed by atoms with Crippen LogP contribution in [-0.4, -0.2) is 29.1 Å². The zero-order chi connectivity index (χ0) is 7.98. The van der Waals surface area contributed by atoms with Crippen molar-refractivity contribution >= 4 is 17.7 Å². The van der Waals surface area contributed by atoms with Gasteiger partial charge in [-0.05, 0) is 6.26 Å². The van der Waals surface area contributed by atoms with Crippen LogP contribution in [-0.2, 0) is 4.79 Å². The average Bonchev–Trinajstić information content (AvgIpc) is 1.88. The normalized spacial score (nSPS) is 11.4. The lowest BCUT2D eigenvalue weighted by atomic mass is 10.3. The lowest BCUT2D eigenvalue weighted by Gasteiger charge is -1.92. The van der Waals surface area contributed by atoms with Crippen LogP contribution in [0.25, 0.3) is 0 Å². The van der Waals surface area contributed by atoms with Crippen molar-refractivity contribution < 1.29 is 9.90 Å². The Balaban J connectivity index is 3.68. The molecule has 0 aromatic heterocycles. The van der Waals surface area contributed by atoms with E-state index in [-0.39, 0.29) is 0 Å². The van der Waals surface area contributed by atoms with Crippen molar-refractivity contribution in [3.63, 3.8) is 0 Å². The molecule has 0 fully saturated rings. The Kier molecular flexibility index (Phi) is 4.81. The molecule has 0 saturated heterocycles. The van der Waals surface area contributed by atoms with Gasteiger partial charge in [0.1, 0.15) is 0 Å².